The minimum absolute atomic E-state index is 0. The summed E-state index contributed by atoms with van der Waals surface area (Å²) in [5.41, 5.74) is 0.743. The summed E-state index contributed by atoms with van der Waals surface area (Å²) in [6.07, 6.45) is 0. The molecule has 0 saturated carbocycles. The third-order valence-corrected chi connectivity index (χ3v) is 5.25. The Labute approximate surface area is 180 Å². The molecule has 0 aliphatic carbocycles. The molecule has 2 N–H and O–H groups in total. The van der Waals surface area contributed by atoms with Gasteiger partial charge in [0.1, 0.15) is 0 Å². The zero-order valence-electron chi connectivity index (χ0n) is 15.4. The number of aliphatic imine (C=N–C) groups is 1. The molecule has 1 aliphatic heterocycles. The molecule has 0 amide bonds. The van der Waals surface area contributed by atoms with Crippen molar-refractivity contribution < 1.29 is 9.50 Å². The van der Waals surface area contributed by atoms with E-state index >= 15 is 0 Å². The molecule has 5 nitrogen and oxygen atoms in total. The fourth-order valence-electron chi connectivity index (χ4n) is 2.98. The van der Waals surface area contributed by atoms with Gasteiger partial charge in [0, 0.05) is 44.1 Å². The highest BCUT2D eigenvalue weighted by molar-refractivity contribution is 14.0. The van der Waals surface area contributed by atoms with Gasteiger partial charge in [-0.2, -0.15) is 0 Å². The maximum Gasteiger partial charge on any atom is 0.194 e. The molecule has 3 rings (SSSR count). The Hall–Kier alpha value is -1.39. The zero-order valence-corrected chi connectivity index (χ0v) is 18.5. The predicted molar refractivity (Wildman–Crippen MR) is 119 cm³/mol. The standard InChI is InChI=1S/C19H25FN4OS.HI/c1-2-21-19(22-13-15-5-6-18(25)17(20)12-15)24-9-7-23(8-10-24)14-16-4-3-11-26-16;/h3-6,11-12,25H,2,7-10,13-14H2,1H3,(H,21,22);1H. The minimum Gasteiger partial charge on any atom is -0.505 e. The zero-order chi connectivity index (χ0) is 18.4. The lowest BCUT2D eigenvalue weighted by Gasteiger charge is -2.36. The second-order valence-electron chi connectivity index (χ2n) is 6.30. The summed E-state index contributed by atoms with van der Waals surface area (Å²) >= 11 is 1.80. The van der Waals surface area contributed by atoms with Crippen LogP contribution in [0.5, 0.6) is 5.75 Å². The fraction of sp³-hybridized carbons (Fsp3) is 0.421. The van der Waals surface area contributed by atoms with Crippen molar-refractivity contribution in [3.63, 3.8) is 0 Å². The van der Waals surface area contributed by atoms with Crippen molar-refractivity contribution >= 4 is 41.3 Å². The van der Waals surface area contributed by atoms with Crippen molar-refractivity contribution in [3.05, 3.63) is 52.0 Å². The van der Waals surface area contributed by atoms with Gasteiger partial charge in [0.2, 0.25) is 0 Å². The molecule has 1 aromatic carbocycles. The molecule has 0 spiro atoms. The van der Waals surface area contributed by atoms with E-state index in [1.807, 2.05) is 6.92 Å². The Balaban J connectivity index is 0.00000261. The topological polar surface area (TPSA) is 51.1 Å². The van der Waals surface area contributed by atoms with Crippen LogP contribution in [0.2, 0.25) is 0 Å². The van der Waals surface area contributed by atoms with Gasteiger partial charge in [-0.15, -0.1) is 35.3 Å². The normalized spacial score (nSPS) is 15.5. The van der Waals surface area contributed by atoms with E-state index in [2.05, 4.69) is 37.6 Å². The number of rotatable bonds is 5. The summed E-state index contributed by atoms with van der Waals surface area (Å²) in [6, 6.07) is 8.68. The molecule has 0 bridgehead atoms. The van der Waals surface area contributed by atoms with Crippen molar-refractivity contribution in [1.82, 2.24) is 15.1 Å². The Morgan fingerprint density at radius 1 is 1.26 bits per heavy atom. The van der Waals surface area contributed by atoms with Crippen LogP contribution in [0.25, 0.3) is 0 Å². The van der Waals surface area contributed by atoms with Crippen molar-refractivity contribution in [2.24, 2.45) is 4.99 Å². The number of aromatic hydroxyl groups is 1. The summed E-state index contributed by atoms with van der Waals surface area (Å²) in [4.78, 5) is 10.8. The van der Waals surface area contributed by atoms with Gasteiger partial charge in [0.25, 0.3) is 0 Å². The molecule has 148 valence electrons. The van der Waals surface area contributed by atoms with Crippen molar-refractivity contribution in [2.45, 2.75) is 20.0 Å². The van der Waals surface area contributed by atoms with Crippen LogP contribution in [0.1, 0.15) is 17.4 Å². The first-order chi connectivity index (χ1) is 12.7. The number of nitrogens with zero attached hydrogens (tertiary/aromatic N) is 3. The van der Waals surface area contributed by atoms with Gasteiger partial charge in [-0.25, -0.2) is 9.38 Å². The van der Waals surface area contributed by atoms with Gasteiger partial charge in [-0.05, 0) is 36.1 Å². The first kappa shape index (κ1) is 21.9. The third kappa shape index (κ3) is 6.32. The maximum absolute atomic E-state index is 13.5. The Morgan fingerprint density at radius 3 is 2.67 bits per heavy atom. The van der Waals surface area contributed by atoms with Gasteiger partial charge in [-0.3, -0.25) is 4.90 Å². The number of piperazine rings is 1. The second-order valence-corrected chi connectivity index (χ2v) is 7.33. The Bertz CT molecular complexity index is 733. The average Bonchev–Trinajstić information content (AvgIpc) is 3.15. The van der Waals surface area contributed by atoms with Gasteiger partial charge < -0.3 is 15.3 Å². The summed E-state index contributed by atoms with van der Waals surface area (Å²) in [5.74, 6) is -0.0758. The number of thiophene rings is 1. The van der Waals surface area contributed by atoms with Crippen molar-refractivity contribution in [3.8, 4) is 5.75 Å². The molecule has 1 aromatic heterocycles. The average molecular weight is 504 g/mol. The highest BCUT2D eigenvalue weighted by Crippen LogP contribution is 2.17. The van der Waals surface area contributed by atoms with Crippen molar-refractivity contribution in [1.29, 1.82) is 0 Å². The van der Waals surface area contributed by atoms with Gasteiger partial charge in [0.15, 0.2) is 17.5 Å². The first-order valence-corrected chi connectivity index (χ1v) is 9.79. The molecule has 0 atom stereocenters. The number of phenolic OH excluding ortho intramolecular Hbond substituents is 1. The summed E-state index contributed by atoms with van der Waals surface area (Å²) < 4.78 is 13.5. The quantitative estimate of drug-likeness (QED) is 0.372. The van der Waals surface area contributed by atoms with E-state index in [-0.39, 0.29) is 29.7 Å². The van der Waals surface area contributed by atoms with Crippen LogP contribution in [-0.2, 0) is 13.1 Å². The van der Waals surface area contributed by atoms with E-state index in [1.54, 1.807) is 17.4 Å². The van der Waals surface area contributed by atoms with Crippen molar-refractivity contribution in [2.75, 3.05) is 32.7 Å². The van der Waals surface area contributed by atoms with Crippen LogP contribution < -0.4 is 5.32 Å². The number of nitrogens with one attached hydrogen (secondary N) is 1. The van der Waals surface area contributed by atoms with E-state index < -0.39 is 5.82 Å². The molecule has 2 heterocycles. The Kier molecular flexibility index (Phi) is 8.78. The molecule has 0 unspecified atom stereocenters. The molecule has 27 heavy (non-hydrogen) atoms. The molecular weight excluding hydrogens is 478 g/mol. The molecular formula is C19H26FIN4OS. The number of guanidine groups is 1. The van der Waals surface area contributed by atoms with Gasteiger partial charge >= 0.3 is 0 Å². The molecule has 8 heteroatoms. The second kappa shape index (κ2) is 10.8. The van der Waals surface area contributed by atoms with E-state index in [1.165, 1.54) is 17.0 Å². The third-order valence-electron chi connectivity index (χ3n) is 4.39. The van der Waals surface area contributed by atoms with Crippen LogP contribution in [0.15, 0.2) is 40.7 Å². The van der Waals surface area contributed by atoms with Crippen LogP contribution in [0, 0.1) is 5.82 Å². The largest absolute Gasteiger partial charge is 0.505 e. The van der Waals surface area contributed by atoms with E-state index in [4.69, 9.17) is 0 Å². The Morgan fingerprint density at radius 2 is 2.04 bits per heavy atom. The molecule has 2 aromatic rings. The number of phenols is 1. The van der Waals surface area contributed by atoms with Crippen LogP contribution in [0.4, 0.5) is 4.39 Å². The van der Waals surface area contributed by atoms with Crippen LogP contribution in [0.3, 0.4) is 0 Å². The van der Waals surface area contributed by atoms with Crippen LogP contribution >= 0.6 is 35.3 Å². The SMILES string of the molecule is CCNC(=NCc1ccc(O)c(F)c1)N1CCN(Cc2cccs2)CC1.I. The molecule has 1 aliphatic rings. The summed E-state index contributed by atoms with van der Waals surface area (Å²) in [7, 11) is 0. The highest BCUT2D eigenvalue weighted by Gasteiger charge is 2.19. The van der Waals surface area contributed by atoms with E-state index in [9.17, 15) is 9.50 Å². The fourth-order valence-corrected chi connectivity index (χ4v) is 3.73. The smallest absolute Gasteiger partial charge is 0.194 e. The van der Waals surface area contributed by atoms with Gasteiger partial charge in [-0.1, -0.05) is 12.1 Å². The highest BCUT2D eigenvalue weighted by atomic mass is 127. The first-order valence-electron chi connectivity index (χ1n) is 8.91. The number of halogens is 2. The number of hydrogen-bond acceptors (Lipinski definition) is 4. The van der Waals surface area contributed by atoms with E-state index in [0.29, 0.717) is 6.54 Å². The lowest BCUT2D eigenvalue weighted by molar-refractivity contribution is 0.173. The van der Waals surface area contributed by atoms with Gasteiger partial charge in [0.05, 0.1) is 6.54 Å². The maximum atomic E-state index is 13.5. The van der Waals surface area contributed by atoms with Crippen LogP contribution in [-0.4, -0.2) is 53.6 Å². The minimum atomic E-state index is -0.607. The lowest BCUT2D eigenvalue weighted by Crippen LogP contribution is -2.52. The van der Waals surface area contributed by atoms with E-state index in [0.717, 1.165) is 50.8 Å². The molecule has 0 radical (unpaired) electrons. The lowest BCUT2D eigenvalue weighted by atomic mass is 10.2. The summed E-state index contributed by atoms with van der Waals surface area (Å²) in [5, 5.41) is 14.7. The number of benzene rings is 1. The number of hydrogen-bond donors (Lipinski definition) is 2. The summed E-state index contributed by atoms with van der Waals surface area (Å²) in [6.45, 7) is 8.05. The monoisotopic (exact) mass is 504 g/mol. The predicted octanol–water partition coefficient (Wildman–Crippen LogP) is 3.49. The molecule has 1 fully saturated rings. The molecule has 1 saturated heterocycles.